The first kappa shape index (κ1) is 14.7. The van der Waals surface area contributed by atoms with Crippen LogP contribution >= 0.6 is 0 Å². The van der Waals surface area contributed by atoms with E-state index in [1.807, 2.05) is 18.2 Å². The molecule has 0 radical (unpaired) electrons. The highest BCUT2D eigenvalue weighted by Gasteiger charge is 2.41. The number of fused-ring (bicyclic) bond motifs is 1. The second-order valence-corrected chi connectivity index (χ2v) is 6.66. The minimum atomic E-state index is -0.463. The minimum Gasteiger partial charge on any atom is -0.493 e. The van der Waals surface area contributed by atoms with Crippen LogP contribution in [-0.4, -0.2) is 30.4 Å². The molecule has 2 heterocycles. The van der Waals surface area contributed by atoms with Gasteiger partial charge in [0.25, 0.3) is 0 Å². The summed E-state index contributed by atoms with van der Waals surface area (Å²) in [5.74, 6) is 2.11. The molecule has 21 heavy (non-hydrogen) atoms. The number of aliphatic hydroxyl groups excluding tert-OH is 1. The van der Waals surface area contributed by atoms with E-state index in [9.17, 15) is 5.11 Å². The Morgan fingerprint density at radius 2 is 2.14 bits per heavy atom. The van der Waals surface area contributed by atoms with E-state index in [-0.39, 0.29) is 5.60 Å². The molecule has 1 fully saturated rings. The van der Waals surface area contributed by atoms with Crippen molar-refractivity contribution in [3.05, 3.63) is 23.8 Å². The molecule has 1 aromatic carbocycles. The lowest BCUT2D eigenvalue weighted by Crippen LogP contribution is -2.49. The van der Waals surface area contributed by atoms with Crippen LogP contribution in [0.4, 0.5) is 0 Å². The molecule has 0 unspecified atom stereocenters. The Morgan fingerprint density at radius 3 is 2.86 bits per heavy atom. The molecule has 0 bridgehead atoms. The number of hydrogen-bond acceptors (Lipinski definition) is 4. The molecule has 116 valence electrons. The van der Waals surface area contributed by atoms with Crippen molar-refractivity contribution in [1.82, 2.24) is 5.32 Å². The minimum absolute atomic E-state index is 0.196. The SMILES string of the molecule is CC(C)COc1ccc2c(c1)[C@H](O)CC1(CCNCC1)O2. The van der Waals surface area contributed by atoms with Crippen molar-refractivity contribution in [2.45, 2.75) is 44.8 Å². The average molecular weight is 291 g/mol. The van der Waals surface area contributed by atoms with E-state index < -0.39 is 6.10 Å². The number of piperidine rings is 1. The number of ether oxygens (including phenoxy) is 2. The maximum atomic E-state index is 10.5. The number of nitrogens with one attached hydrogen (secondary N) is 1. The highest BCUT2D eigenvalue weighted by atomic mass is 16.5. The van der Waals surface area contributed by atoms with Crippen LogP contribution < -0.4 is 14.8 Å². The van der Waals surface area contributed by atoms with Gasteiger partial charge in [0.1, 0.15) is 17.1 Å². The molecule has 3 rings (SSSR count). The van der Waals surface area contributed by atoms with E-state index in [2.05, 4.69) is 19.2 Å². The van der Waals surface area contributed by atoms with Gasteiger partial charge in [-0.1, -0.05) is 13.8 Å². The third-order valence-corrected chi connectivity index (χ3v) is 4.33. The van der Waals surface area contributed by atoms with Crippen LogP contribution in [0.15, 0.2) is 18.2 Å². The molecule has 1 aromatic rings. The first-order valence-corrected chi connectivity index (χ1v) is 7.92. The molecule has 1 atom stereocenters. The average Bonchev–Trinajstić information content (AvgIpc) is 2.46. The van der Waals surface area contributed by atoms with Gasteiger partial charge in [0, 0.05) is 12.0 Å². The first-order chi connectivity index (χ1) is 10.1. The van der Waals surface area contributed by atoms with Crippen molar-refractivity contribution in [2.75, 3.05) is 19.7 Å². The summed E-state index contributed by atoms with van der Waals surface area (Å²) in [6, 6.07) is 5.81. The highest BCUT2D eigenvalue weighted by Crippen LogP contribution is 2.44. The Kier molecular flexibility index (Phi) is 4.09. The molecule has 0 aromatic heterocycles. The predicted octanol–water partition coefficient (Wildman–Crippen LogP) is 2.66. The molecular formula is C17H25NO3. The van der Waals surface area contributed by atoms with Crippen LogP contribution in [0.25, 0.3) is 0 Å². The Morgan fingerprint density at radius 1 is 1.38 bits per heavy atom. The fourth-order valence-corrected chi connectivity index (χ4v) is 3.16. The number of benzene rings is 1. The van der Waals surface area contributed by atoms with Gasteiger partial charge in [0.2, 0.25) is 0 Å². The van der Waals surface area contributed by atoms with Crippen LogP contribution in [0.3, 0.4) is 0 Å². The zero-order valence-electron chi connectivity index (χ0n) is 12.9. The van der Waals surface area contributed by atoms with Gasteiger partial charge in [-0.05, 0) is 50.0 Å². The van der Waals surface area contributed by atoms with E-state index in [1.165, 1.54) is 0 Å². The lowest BCUT2D eigenvalue weighted by molar-refractivity contribution is -0.0338. The summed E-state index contributed by atoms with van der Waals surface area (Å²) in [5.41, 5.74) is 0.665. The maximum absolute atomic E-state index is 10.5. The molecule has 2 aliphatic heterocycles. The molecule has 0 amide bonds. The third kappa shape index (κ3) is 3.16. The largest absolute Gasteiger partial charge is 0.493 e. The lowest BCUT2D eigenvalue weighted by atomic mass is 9.82. The third-order valence-electron chi connectivity index (χ3n) is 4.33. The second-order valence-electron chi connectivity index (χ2n) is 6.66. The Hall–Kier alpha value is -1.26. The van der Waals surface area contributed by atoms with Crippen LogP contribution in [0.2, 0.25) is 0 Å². The molecule has 2 N–H and O–H groups in total. The standard InChI is InChI=1S/C17H25NO3/c1-12(2)11-20-13-3-4-16-14(9-13)15(19)10-17(21-16)5-7-18-8-6-17/h3-4,9,12,15,18-19H,5-8,10-11H2,1-2H3/t15-/m1/s1. The summed E-state index contributed by atoms with van der Waals surface area (Å²) < 4.78 is 12.0. The van der Waals surface area contributed by atoms with Gasteiger partial charge >= 0.3 is 0 Å². The highest BCUT2D eigenvalue weighted by molar-refractivity contribution is 5.43. The Bertz CT molecular complexity index is 495. The van der Waals surface area contributed by atoms with Crippen molar-refractivity contribution < 1.29 is 14.6 Å². The van der Waals surface area contributed by atoms with Gasteiger partial charge in [-0.25, -0.2) is 0 Å². The van der Waals surface area contributed by atoms with Crippen molar-refractivity contribution in [1.29, 1.82) is 0 Å². The fraction of sp³-hybridized carbons (Fsp3) is 0.647. The molecule has 1 saturated heterocycles. The smallest absolute Gasteiger partial charge is 0.126 e. The second kappa shape index (κ2) is 5.85. The van der Waals surface area contributed by atoms with Crippen LogP contribution in [0, 0.1) is 5.92 Å². The quantitative estimate of drug-likeness (QED) is 0.899. The normalized spacial score (nSPS) is 23.7. The van der Waals surface area contributed by atoms with E-state index in [1.54, 1.807) is 0 Å². The van der Waals surface area contributed by atoms with Crippen molar-refractivity contribution in [3.63, 3.8) is 0 Å². The van der Waals surface area contributed by atoms with Gasteiger partial charge in [0.05, 0.1) is 12.7 Å². The van der Waals surface area contributed by atoms with Gasteiger partial charge in [-0.15, -0.1) is 0 Å². The topological polar surface area (TPSA) is 50.7 Å². The fourth-order valence-electron chi connectivity index (χ4n) is 3.16. The van der Waals surface area contributed by atoms with Gasteiger partial charge < -0.3 is 19.9 Å². The molecule has 4 nitrogen and oxygen atoms in total. The summed E-state index contributed by atoms with van der Waals surface area (Å²) in [6.07, 6.45) is 2.12. The molecule has 0 saturated carbocycles. The van der Waals surface area contributed by atoms with E-state index >= 15 is 0 Å². The Labute approximate surface area is 126 Å². The lowest BCUT2D eigenvalue weighted by Gasteiger charge is -2.43. The molecule has 2 aliphatic rings. The number of hydrogen-bond donors (Lipinski definition) is 2. The zero-order chi connectivity index (χ0) is 14.9. The zero-order valence-corrected chi connectivity index (χ0v) is 12.9. The summed E-state index contributed by atoms with van der Waals surface area (Å²) >= 11 is 0. The molecule has 4 heteroatoms. The van der Waals surface area contributed by atoms with Crippen molar-refractivity contribution in [2.24, 2.45) is 5.92 Å². The first-order valence-electron chi connectivity index (χ1n) is 7.92. The van der Waals surface area contributed by atoms with E-state index in [0.29, 0.717) is 18.9 Å². The van der Waals surface area contributed by atoms with Crippen molar-refractivity contribution in [3.8, 4) is 11.5 Å². The molecule has 1 spiro atoms. The molecule has 0 aliphatic carbocycles. The van der Waals surface area contributed by atoms with Gasteiger partial charge in [-0.2, -0.15) is 0 Å². The monoisotopic (exact) mass is 291 g/mol. The van der Waals surface area contributed by atoms with Crippen LogP contribution in [0.1, 0.15) is 44.8 Å². The summed E-state index contributed by atoms with van der Waals surface area (Å²) in [6.45, 7) is 6.84. The maximum Gasteiger partial charge on any atom is 0.126 e. The molecular weight excluding hydrogens is 266 g/mol. The van der Waals surface area contributed by atoms with Crippen LogP contribution in [0.5, 0.6) is 11.5 Å². The number of aliphatic hydroxyl groups is 1. The summed E-state index contributed by atoms with van der Waals surface area (Å²) in [4.78, 5) is 0. The van der Waals surface area contributed by atoms with Gasteiger partial charge in [0.15, 0.2) is 0 Å². The van der Waals surface area contributed by atoms with E-state index in [0.717, 1.165) is 43.0 Å². The number of rotatable bonds is 3. The predicted molar refractivity (Wildman–Crippen MR) is 81.8 cm³/mol. The summed E-state index contributed by atoms with van der Waals surface area (Å²) in [7, 11) is 0. The van der Waals surface area contributed by atoms with Gasteiger partial charge in [-0.3, -0.25) is 0 Å². The van der Waals surface area contributed by atoms with Crippen molar-refractivity contribution >= 4 is 0 Å². The van der Waals surface area contributed by atoms with Crippen LogP contribution in [-0.2, 0) is 0 Å². The summed E-state index contributed by atoms with van der Waals surface area (Å²) in [5, 5.41) is 13.9. The van der Waals surface area contributed by atoms with E-state index in [4.69, 9.17) is 9.47 Å². The Balaban J connectivity index is 1.79.